The molecular weight excluding hydrogens is 417 g/mol. The van der Waals surface area contributed by atoms with E-state index in [-0.39, 0.29) is 23.7 Å². The number of nitrogens with zero attached hydrogens (tertiary/aromatic N) is 3. The molecule has 0 fully saturated rings. The second-order valence-corrected chi connectivity index (χ2v) is 9.37. The molecule has 164 valence electrons. The maximum atomic E-state index is 13.7. The first-order valence-electron chi connectivity index (χ1n) is 9.80. The van der Waals surface area contributed by atoms with Crippen LogP contribution in [0.2, 0.25) is 0 Å². The van der Waals surface area contributed by atoms with Gasteiger partial charge in [0, 0.05) is 5.69 Å². The van der Waals surface area contributed by atoms with Crippen molar-refractivity contribution in [3.63, 3.8) is 0 Å². The fourth-order valence-electron chi connectivity index (χ4n) is 2.70. The number of rotatable bonds is 7. The zero-order valence-corrected chi connectivity index (χ0v) is 18.7. The zero-order chi connectivity index (χ0) is 22.6. The Morgan fingerprint density at radius 2 is 1.87 bits per heavy atom. The SMILES string of the molecule is CC(Sc1nnc(COc2ccccc2F)n1N)C(=O)Nc1ccc(C(C)(C)C)cc1. The lowest BCUT2D eigenvalue weighted by Gasteiger charge is -2.19. The molecule has 0 saturated carbocycles. The van der Waals surface area contributed by atoms with E-state index in [4.69, 9.17) is 10.6 Å². The number of para-hydroxylation sites is 1. The Bertz CT molecular complexity index is 1050. The smallest absolute Gasteiger partial charge is 0.237 e. The van der Waals surface area contributed by atoms with Gasteiger partial charge in [0.2, 0.25) is 11.1 Å². The molecule has 0 radical (unpaired) electrons. The van der Waals surface area contributed by atoms with Crippen LogP contribution in [0.5, 0.6) is 5.75 Å². The summed E-state index contributed by atoms with van der Waals surface area (Å²) in [7, 11) is 0. The van der Waals surface area contributed by atoms with Gasteiger partial charge in [-0.25, -0.2) is 9.07 Å². The number of nitrogens with one attached hydrogen (secondary N) is 1. The molecule has 3 aromatic rings. The first-order chi connectivity index (χ1) is 14.6. The van der Waals surface area contributed by atoms with Gasteiger partial charge in [0.05, 0.1) is 5.25 Å². The van der Waals surface area contributed by atoms with Gasteiger partial charge in [0.15, 0.2) is 17.4 Å². The molecule has 0 bridgehead atoms. The highest BCUT2D eigenvalue weighted by molar-refractivity contribution is 8.00. The molecule has 2 aromatic carbocycles. The summed E-state index contributed by atoms with van der Waals surface area (Å²) in [5.74, 6) is 5.80. The van der Waals surface area contributed by atoms with Crippen molar-refractivity contribution in [1.29, 1.82) is 0 Å². The topological polar surface area (TPSA) is 95.1 Å². The third-order valence-electron chi connectivity index (χ3n) is 4.60. The van der Waals surface area contributed by atoms with E-state index in [0.29, 0.717) is 11.0 Å². The zero-order valence-electron chi connectivity index (χ0n) is 17.9. The molecule has 0 saturated heterocycles. The molecule has 7 nitrogen and oxygen atoms in total. The molecule has 3 N–H and O–H groups in total. The van der Waals surface area contributed by atoms with Gasteiger partial charge >= 0.3 is 0 Å². The maximum absolute atomic E-state index is 13.7. The molecule has 31 heavy (non-hydrogen) atoms. The predicted octanol–water partition coefficient (Wildman–Crippen LogP) is 4.13. The highest BCUT2D eigenvalue weighted by Gasteiger charge is 2.20. The van der Waals surface area contributed by atoms with Crippen LogP contribution in [0, 0.1) is 5.82 Å². The number of carbonyl (C=O) groups is 1. The van der Waals surface area contributed by atoms with E-state index in [2.05, 4.69) is 36.3 Å². The highest BCUT2D eigenvalue weighted by atomic mass is 32.2. The fraction of sp³-hybridized carbons (Fsp3) is 0.318. The second-order valence-electron chi connectivity index (χ2n) is 8.06. The summed E-state index contributed by atoms with van der Waals surface area (Å²) >= 11 is 1.17. The lowest BCUT2D eigenvalue weighted by molar-refractivity contribution is -0.115. The quantitative estimate of drug-likeness (QED) is 0.421. The number of hydrogen-bond acceptors (Lipinski definition) is 6. The van der Waals surface area contributed by atoms with Crippen molar-refractivity contribution in [3.05, 3.63) is 65.7 Å². The number of hydrogen-bond donors (Lipinski definition) is 2. The van der Waals surface area contributed by atoms with Gasteiger partial charge in [-0.3, -0.25) is 4.79 Å². The van der Waals surface area contributed by atoms with Crippen molar-refractivity contribution < 1.29 is 13.9 Å². The molecule has 3 rings (SSSR count). The number of thioether (sulfide) groups is 1. The summed E-state index contributed by atoms with van der Waals surface area (Å²) in [5, 5.41) is 10.8. The summed E-state index contributed by atoms with van der Waals surface area (Å²) in [6.07, 6.45) is 0. The van der Waals surface area contributed by atoms with Crippen molar-refractivity contribution >= 4 is 23.4 Å². The third kappa shape index (κ3) is 5.75. The molecule has 1 heterocycles. The average Bonchev–Trinajstić information content (AvgIpc) is 3.06. The van der Waals surface area contributed by atoms with E-state index >= 15 is 0 Å². The summed E-state index contributed by atoms with van der Waals surface area (Å²) in [4.78, 5) is 12.6. The first-order valence-corrected chi connectivity index (χ1v) is 10.7. The molecule has 1 unspecified atom stereocenters. The van der Waals surface area contributed by atoms with Crippen LogP contribution >= 0.6 is 11.8 Å². The Morgan fingerprint density at radius 1 is 1.19 bits per heavy atom. The standard InChI is InChI=1S/C22H26FN5O2S/c1-14(20(29)25-16-11-9-15(10-12-16)22(2,3)4)31-21-27-26-19(28(21)24)13-30-18-8-6-5-7-17(18)23/h5-12,14H,13,24H2,1-4H3,(H,25,29). The average molecular weight is 444 g/mol. The normalized spacial score (nSPS) is 12.4. The minimum atomic E-state index is -0.471. The van der Waals surface area contributed by atoms with Crippen LogP contribution < -0.4 is 15.9 Å². The van der Waals surface area contributed by atoms with Crippen molar-refractivity contribution in [2.75, 3.05) is 11.2 Å². The number of nitrogen functional groups attached to an aromatic ring is 1. The van der Waals surface area contributed by atoms with Crippen molar-refractivity contribution in [1.82, 2.24) is 14.9 Å². The van der Waals surface area contributed by atoms with E-state index in [1.807, 2.05) is 24.3 Å². The van der Waals surface area contributed by atoms with Gasteiger partial charge in [-0.05, 0) is 42.2 Å². The molecule has 1 atom stereocenters. The molecule has 9 heteroatoms. The fourth-order valence-corrected chi connectivity index (χ4v) is 3.49. The summed E-state index contributed by atoms with van der Waals surface area (Å²) < 4.78 is 20.3. The van der Waals surface area contributed by atoms with E-state index < -0.39 is 11.1 Å². The molecule has 0 aliphatic heterocycles. The first kappa shape index (κ1) is 22.6. The summed E-state index contributed by atoms with van der Waals surface area (Å²) in [6, 6.07) is 13.9. The van der Waals surface area contributed by atoms with Crippen molar-refractivity contribution in [2.24, 2.45) is 0 Å². The Hall–Kier alpha value is -3.07. The number of benzene rings is 2. The molecular formula is C22H26FN5O2S. The second kappa shape index (κ2) is 9.38. The van der Waals surface area contributed by atoms with E-state index in [1.165, 1.54) is 34.1 Å². The molecule has 0 spiro atoms. The van der Waals surface area contributed by atoms with Crippen LogP contribution in [-0.4, -0.2) is 26.0 Å². The number of aromatic nitrogens is 3. The Balaban J connectivity index is 1.58. The number of nitrogens with two attached hydrogens (primary N) is 1. The van der Waals surface area contributed by atoms with Crippen molar-refractivity contribution in [2.45, 2.75) is 50.1 Å². The van der Waals surface area contributed by atoms with Gasteiger partial charge in [-0.1, -0.05) is 56.8 Å². The lowest BCUT2D eigenvalue weighted by atomic mass is 9.87. The van der Waals surface area contributed by atoms with Crippen LogP contribution in [0.4, 0.5) is 10.1 Å². The summed E-state index contributed by atoms with van der Waals surface area (Å²) in [6.45, 7) is 8.12. The summed E-state index contributed by atoms with van der Waals surface area (Å²) in [5.41, 5.74) is 1.96. The maximum Gasteiger partial charge on any atom is 0.237 e. The van der Waals surface area contributed by atoms with Crippen LogP contribution in [0.3, 0.4) is 0 Å². The molecule has 0 aliphatic rings. The highest BCUT2D eigenvalue weighted by Crippen LogP contribution is 2.25. The van der Waals surface area contributed by atoms with Gasteiger partial charge in [0.1, 0.15) is 6.61 Å². The Labute approximate surface area is 185 Å². The molecule has 1 amide bonds. The van der Waals surface area contributed by atoms with E-state index in [0.717, 1.165) is 5.69 Å². The minimum absolute atomic E-state index is 0.0462. The number of anilines is 1. The van der Waals surface area contributed by atoms with Crippen LogP contribution in [0.25, 0.3) is 0 Å². The Morgan fingerprint density at radius 3 is 2.52 bits per heavy atom. The molecule has 0 aliphatic carbocycles. The monoisotopic (exact) mass is 443 g/mol. The van der Waals surface area contributed by atoms with E-state index in [1.54, 1.807) is 19.1 Å². The predicted molar refractivity (Wildman–Crippen MR) is 120 cm³/mol. The lowest BCUT2D eigenvalue weighted by Crippen LogP contribution is -2.24. The van der Waals surface area contributed by atoms with Crippen LogP contribution in [-0.2, 0) is 16.8 Å². The van der Waals surface area contributed by atoms with Crippen molar-refractivity contribution in [3.8, 4) is 5.75 Å². The third-order valence-corrected chi connectivity index (χ3v) is 5.66. The number of halogens is 1. The van der Waals surface area contributed by atoms with Crippen LogP contribution in [0.1, 0.15) is 39.1 Å². The molecule has 1 aromatic heterocycles. The number of carbonyl (C=O) groups excluding carboxylic acids is 1. The Kier molecular flexibility index (Phi) is 6.84. The number of amides is 1. The minimum Gasteiger partial charge on any atom is -0.482 e. The number of ether oxygens (including phenoxy) is 1. The van der Waals surface area contributed by atoms with Crippen LogP contribution in [0.15, 0.2) is 53.7 Å². The van der Waals surface area contributed by atoms with Gasteiger partial charge in [-0.2, -0.15) is 0 Å². The van der Waals surface area contributed by atoms with E-state index in [9.17, 15) is 9.18 Å². The van der Waals surface area contributed by atoms with Gasteiger partial charge < -0.3 is 15.9 Å². The van der Waals surface area contributed by atoms with Gasteiger partial charge in [0.25, 0.3) is 0 Å². The largest absolute Gasteiger partial charge is 0.482 e. The van der Waals surface area contributed by atoms with Gasteiger partial charge in [-0.15, -0.1) is 10.2 Å².